The van der Waals surface area contributed by atoms with E-state index in [1.165, 1.54) is 45.9 Å². The molecular formula is C18H26ClN3O2S. The number of nitrogens with zero attached hydrogens (tertiary/aromatic N) is 1. The zero-order valence-electron chi connectivity index (χ0n) is 14.6. The van der Waals surface area contributed by atoms with E-state index in [1.54, 1.807) is 18.2 Å². The van der Waals surface area contributed by atoms with E-state index >= 15 is 0 Å². The Morgan fingerprint density at radius 2 is 2.00 bits per heavy atom. The van der Waals surface area contributed by atoms with Crippen molar-refractivity contribution in [1.82, 2.24) is 10.2 Å². The zero-order valence-corrected chi connectivity index (χ0v) is 16.2. The molecule has 2 rings (SSSR count). The van der Waals surface area contributed by atoms with Gasteiger partial charge < -0.3 is 20.3 Å². The molecule has 1 aromatic carbocycles. The number of likely N-dealkylation sites (tertiary alicyclic amines) is 1. The Hall–Kier alpha value is -1.37. The SMILES string of the molecule is COC(=O)c1ccc(Cl)c(NC(=S)NCCCN2CCCCCC2)c1. The Bertz CT molecular complexity index is 590. The predicted molar refractivity (Wildman–Crippen MR) is 107 cm³/mol. The fourth-order valence-electron chi connectivity index (χ4n) is 2.90. The number of thiocarbonyl (C=S) groups is 1. The molecule has 0 atom stereocenters. The minimum atomic E-state index is -0.406. The molecule has 1 aliphatic rings. The van der Waals surface area contributed by atoms with Crippen LogP contribution in [0.25, 0.3) is 0 Å². The Balaban J connectivity index is 1.75. The highest BCUT2D eigenvalue weighted by Gasteiger charge is 2.11. The van der Waals surface area contributed by atoms with Crippen LogP contribution in [0, 0.1) is 0 Å². The number of anilines is 1. The molecule has 1 fully saturated rings. The monoisotopic (exact) mass is 383 g/mol. The third kappa shape index (κ3) is 6.80. The summed E-state index contributed by atoms with van der Waals surface area (Å²) >= 11 is 11.5. The second-order valence-corrected chi connectivity index (χ2v) is 6.99. The van der Waals surface area contributed by atoms with Gasteiger partial charge in [-0.05, 0) is 69.3 Å². The van der Waals surface area contributed by atoms with Crippen molar-refractivity contribution in [2.75, 3.05) is 38.6 Å². The number of nitrogens with one attached hydrogen (secondary N) is 2. The molecule has 0 bridgehead atoms. The average Bonchev–Trinajstić information content (AvgIpc) is 2.88. The number of benzene rings is 1. The van der Waals surface area contributed by atoms with Crippen molar-refractivity contribution in [3.8, 4) is 0 Å². The van der Waals surface area contributed by atoms with Gasteiger partial charge in [0.15, 0.2) is 5.11 Å². The van der Waals surface area contributed by atoms with E-state index in [0.717, 1.165) is 19.5 Å². The van der Waals surface area contributed by atoms with Gasteiger partial charge in [0.1, 0.15) is 0 Å². The van der Waals surface area contributed by atoms with E-state index < -0.39 is 5.97 Å². The molecule has 1 heterocycles. The van der Waals surface area contributed by atoms with Gasteiger partial charge in [0.2, 0.25) is 0 Å². The Morgan fingerprint density at radius 1 is 1.28 bits per heavy atom. The van der Waals surface area contributed by atoms with Crippen molar-refractivity contribution in [1.29, 1.82) is 0 Å². The first-order valence-electron chi connectivity index (χ1n) is 8.75. The minimum absolute atomic E-state index is 0.406. The van der Waals surface area contributed by atoms with Crippen molar-refractivity contribution >= 4 is 40.6 Å². The van der Waals surface area contributed by atoms with E-state index in [2.05, 4.69) is 15.5 Å². The first-order valence-corrected chi connectivity index (χ1v) is 9.54. The minimum Gasteiger partial charge on any atom is -0.465 e. The summed E-state index contributed by atoms with van der Waals surface area (Å²) in [6.07, 6.45) is 6.37. The highest BCUT2D eigenvalue weighted by atomic mass is 35.5. The summed E-state index contributed by atoms with van der Waals surface area (Å²) < 4.78 is 4.72. The summed E-state index contributed by atoms with van der Waals surface area (Å²) in [5.41, 5.74) is 1.02. The quantitative estimate of drug-likeness (QED) is 0.444. The Morgan fingerprint density at radius 3 is 2.68 bits per heavy atom. The van der Waals surface area contributed by atoms with Crippen LogP contribution in [0.4, 0.5) is 5.69 Å². The third-order valence-corrected chi connectivity index (χ3v) is 4.85. The lowest BCUT2D eigenvalue weighted by Gasteiger charge is -2.20. The molecule has 7 heteroatoms. The second kappa shape index (κ2) is 10.6. The molecular weight excluding hydrogens is 358 g/mol. The van der Waals surface area contributed by atoms with E-state index in [0.29, 0.717) is 21.4 Å². The first-order chi connectivity index (χ1) is 12.1. The van der Waals surface area contributed by atoms with Crippen molar-refractivity contribution in [2.45, 2.75) is 32.1 Å². The molecule has 1 aromatic rings. The number of hydrogen-bond donors (Lipinski definition) is 2. The maximum absolute atomic E-state index is 11.6. The number of hydrogen-bond acceptors (Lipinski definition) is 4. The molecule has 1 saturated heterocycles. The summed E-state index contributed by atoms with van der Waals surface area (Å²) in [7, 11) is 1.35. The van der Waals surface area contributed by atoms with Gasteiger partial charge in [0.25, 0.3) is 0 Å². The molecule has 138 valence electrons. The molecule has 0 saturated carbocycles. The number of methoxy groups -OCH3 is 1. The van der Waals surface area contributed by atoms with Crippen LogP contribution in [0.2, 0.25) is 5.02 Å². The molecule has 1 aliphatic heterocycles. The molecule has 25 heavy (non-hydrogen) atoms. The maximum Gasteiger partial charge on any atom is 0.337 e. The number of rotatable bonds is 6. The lowest BCUT2D eigenvalue weighted by Crippen LogP contribution is -2.32. The van der Waals surface area contributed by atoms with Crippen molar-refractivity contribution < 1.29 is 9.53 Å². The van der Waals surface area contributed by atoms with Crippen molar-refractivity contribution in [3.05, 3.63) is 28.8 Å². The van der Waals surface area contributed by atoms with Crippen LogP contribution < -0.4 is 10.6 Å². The third-order valence-electron chi connectivity index (χ3n) is 4.27. The molecule has 2 N–H and O–H groups in total. The average molecular weight is 384 g/mol. The molecule has 5 nitrogen and oxygen atoms in total. The molecule has 0 spiro atoms. The number of ether oxygens (including phenoxy) is 1. The summed E-state index contributed by atoms with van der Waals surface area (Å²) in [6.45, 7) is 4.31. The number of esters is 1. The van der Waals surface area contributed by atoms with Gasteiger partial charge in [-0.15, -0.1) is 0 Å². The normalized spacial score (nSPS) is 15.3. The summed E-state index contributed by atoms with van der Waals surface area (Å²) in [5.74, 6) is -0.406. The number of carbonyl (C=O) groups excluding carboxylic acids is 1. The molecule has 0 aliphatic carbocycles. The first kappa shape index (κ1) is 19.9. The zero-order chi connectivity index (χ0) is 18.1. The standard InChI is InChI=1S/C18H26ClN3O2S/c1-24-17(23)14-7-8-15(19)16(13-14)21-18(25)20-9-6-12-22-10-4-2-3-5-11-22/h7-8,13H,2-6,9-12H2,1H3,(H2,20,21,25). The summed E-state index contributed by atoms with van der Waals surface area (Å²) in [4.78, 5) is 14.1. The number of carbonyl (C=O) groups is 1. The number of halogens is 1. The van der Waals surface area contributed by atoms with E-state index in [4.69, 9.17) is 28.6 Å². The lowest BCUT2D eigenvalue weighted by molar-refractivity contribution is 0.0601. The lowest BCUT2D eigenvalue weighted by atomic mass is 10.2. The van der Waals surface area contributed by atoms with Gasteiger partial charge in [-0.2, -0.15) is 0 Å². The topological polar surface area (TPSA) is 53.6 Å². The van der Waals surface area contributed by atoms with Gasteiger partial charge >= 0.3 is 5.97 Å². The summed E-state index contributed by atoms with van der Waals surface area (Å²) in [5, 5.41) is 7.24. The fraction of sp³-hybridized carbons (Fsp3) is 0.556. The van der Waals surface area contributed by atoms with Crippen LogP contribution in [0.15, 0.2) is 18.2 Å². The van der Waals surface area contributed by atoms with Gasteiger partial charge in [-0.1, -0.05) is 24.4 Å². The van der Waals surface area contributed by atoms with Gasteiger partial charge in [0.05, 0.1) is 23.4 Å². The Labute approximate surface area is 160 Å². The van der Waals surface area contributed by atoms with Gasteiger partial charge in [-0.25, -0.2) is 4.79 Å². The van der Waals surface area contributed by atoms with Crippen molar-refractivity contribution in [3.63, 3.8) is 0 Å². The van der Waals surface area contributed by atoms with E-state index in [1.807, 2.05) is 0 Å². The van der Waals surface area contributed by atoms with E-state index in [-0.39, 0.29) is 0 Å². The smallest absolute Gasteiger partial charge is 0.337 e. The van der Waals surface area contributed by atoms with E-state index in [9.17, 15) is 4.79 Å². The predicted octanol–water partition coefficient (Wildman–Crippen LogP) is 3.68. The van der Waals surface area contributed by atoms with Crippen LogP contribution in [-0.4, -0.2) is 49.3 Å². The largest absolute Gasteiger partial charge is 0.465 e. The second-order valence-electron chi connectivity index (χ2n) is 6.18. The highest BCUT2D eigenvalue weighted by molar-refractivity contribution is 7.80. The molecule has 0 amide bonds. The van der Waals surface area contributed by atoms with Gasteiger partial charge in [-0.3, -0.25) is 0 Å². The molecule has 0 aromatic heterocycles. The van der Waals surface area contributed by atoms with Gasteiger partial charge in [0, 0.05) is 6.54 Å². The van der Waals surface area contributed by atoms with Crippen molar-refractivity contribution in [2.24, 2.45) is 0 Å². The van der Waals surface area contributed by atoms with Crippen LogP contribution in [0.1, 0.15) is 42.5 Å². The molecule has 0 unspecified atom stereocenters. The van der Waals surface area contributed by atoms with Crippen LogP contribution in [0.5, 0.6) is 0 Å². The van der Waals surface area contributed by atoms with Crippen LogP contribution in [0.3, 0.4) is 0 Å². The molecule has 0 radical (unpaired) electrons. The Kier molecular flexibility index (Phi) is 8.44. The maximum atomic E-state index is 11.6. The van der Waals surface area contributed by atoms with Crippen LogP contribution in [-0.2, 0) is 4.74 Å². The highest BCUT2D eigenvalue weighted by Crippen LogP contribution is 2.23. The van der Waals surface area contributed by atoms with Crippen LogP contribution >= 0.6 is 23.8 Å². The fourth-order valence-corrected chi connectivity index (χ4v) is 3.27. The summed E-state index contributed by atoms with van der Waals surface area (Å²) in [6, 6.07) is 4.91.